The van der Waals surface area contributed by atoms with Crippen LogP contribution in [-0.4, -0.2) is 4.98 Å². The van der Waals surface area contributed by atoms with E-state index in [9.17, 15) is 0 Å². The first-order valence-electron chi connectivity index (χ1n) is 7.67. The van der Waals surface area contributed by atoms with Gasteiger partial charge in [-0.15, -0.1) is 12.4 Å². The molecule has 120 valence electrons. The Hall–Kier alpha value is -2.06. The van der Waals surface area contributed by atoms with Crippen LogP contribution in [-0.2, 0) is 5.41 Å². The summed E-state index contributed by atoms with van der Waals surface area (Å²) in [7, 11) is 0. The molecular formula is C20H23ClN2. The molecule has 0 saturated heterocycles. The Bertz CT molecular complexity index is 802. The molecule has 0 amide bonds. The van der Waals surface area contributed by atoms with E-state index in [1.165, 1.54) is 5.56 Å². The van der Waals surface area contributed by atoms with E-state index in [-0.39, 0.29) is 17.8 Å². The van der Waals surface area contributed by atoms with Gasteiger partial charge in [-0.3, -0.25) is 4.98 Å². The van der Waals surface area contributed by atoms with Gasteiger partial charge in [-0.1, -0.05) is 51.1 Å². The van der Waals surface area contributed by atoms with Crippen molar-refractivity contribution in [2.75, 3.05) is 5.32 Å². The Morgan fingerprint density at radius 3 is 2.22 bits per heavy atom. The molecule has 0 fully saturated rings. The predicted molar refractivity (Wildman–Crippen MR) is 102 cm³/mol. The van der Waals surface area contributed by atoms with Crippen molar-refractivity contribution in [3.8, 4) is 0 Å². The molecule has 1 heterocycles. The quantitative estimate of drug-likeness (QED) is 0.624. The standard InChI is InChI=1S/C20H22N2.ClH/c1-14-13-19(17-7-5-6-8-18(17)21-14)22-16-11-9-15(10-12-16)20(2,3)4;/h5-13H,1-4H3,(H,21,22);1H. The van der Waals surface area contributed by atoms with Crippen LogP contribution in [0.4, 0.5) is 11.4 Å². The third-order valence-electron chi connectivity index (χ3n) is 3.87. The summed E-state index contributed by atoms with van der Waals surface area (Å²) >= 11 is 0. The van der Waals surface area contributed by atoms with Crippen LogP contribution in [0, 0.1) is 6.92 Å². The maximum Gasteiger partial charge on any atom is 0.0726 e. The van der Waals surface area contributed by atoms with Crippen molar-refractivity contribution in [2.24, 2.45) is 0 Å². The summed E-state index contributed by atoms with van der Waals surface area (Å²) in [6.45, 7) is 8.72. The number of aryl methyl sites for hydroxylation is 1. The number of benzene rings is 2. The molecule has 3 heteroatoms. The van der Waals surface area contributed by atoms with Gasteiger partial charge in [0.05, 0.1) is 5.52 Å². The van der Waals surface area contributed by atoms with Gasteiger partial charge < -0.3 is 5.32 Å². The van der Waals surface area contributed by atoms with Crippen LogP contribution in [0.2, 0.25) is 0 Å². The van der Waals surface area contributed by atoms with E-state index >= 15 is 0 Å². The number of hydrogen-bond donors (Lipinski definition) is 1. The zero-order valence-corrected chi connectivity index (χ0v) is 14.9. The summed E-state index contributed by atoms with van der Waals surface area (Å²) in [5.74, 6) is 0. The molecule has 0 aliphatic rings. The van der Waals surface area contributed by atoms with Crippen molar-refractivity contribution in [1.82, 2.24) is 4.98 Å². The summed E-state index contributed by atoms with van der Waals surface area (Å²) in [6.07, 6.45) is 0. The minimum Gasteiger partial charge on any atom is -0.355 e. The van der Waals surface area contributed by atoms with Crippen molar-refractivity contribution in [1.29, 1.82) is 0 Å². The highest BCUT2D eigenvalue weighted by atomic mass is 35.5. The lowest BCUT2D eigenvalue weighted by Crippen LogP contribution is -2.10. The highest BCUT2D eigenvalue weighted by Crippen LogP contribution is 2.28. The number of anilines is 2. The van der Waals surface area contributed by atoms with E-state index in [0.29, 0.717) is 0 Å². The Morgan fingerprint density at radius 1 is 0.913 bits per heavy atom. The number of rotatable bonds is 2. The minimum atomic E-state index is 0. The molecule has 0 atom stereocenters. The molecule has 23 heavy (non-hydrogen) atoms. The van der Waals surface area contributed by atoms with Crippen LogP contribution >= 0.6 is 12.4 Å². The molecule has 1 aromatic heterocycles. The van der Waals surface area contributed by atoms with Gasteiger partial charge >= 0.3 is 0 Å². The van der Waals surface area contributed by atoms with Crippen LogP contribution < -0.4 is 5.32 Å². The van der Waals surface area contributed by atoms with Crippen LogP contribution in [0.15, 0.2) is 54.6 Å². The summed E-state index contributed by atoms with van der Waals surface area (Å²) in [6, 6.07) is 19.0. The van der Waals surface area contributed by atoms with Crippen LogP contribution in [0.25, 0.3) is 10.9 Å². The second-order valence-corrected chi connectivity index (χ2v) is 6.78. The number of hydrogen-bond acceptors (Lipinski definition) is 2. The normalized spacial score (nSPS) is 11.1. The average Bonchev–Trinajstić information content (AvgIpc) is 2.46. The smallest absolute Gasteiger partial charge is 0.0726 e. The number of para-hydroxylation sites is 1. The van der Waals surface area contributed by atoms with E-state index in [0.717, 1.165) is 28.0 Å². The lowest BCUT2D eigenvalue weighted by molar-refractivity contribution is 0.590. The van der Waals surface area contributed by atoms with Crippen molar-refractivity contribution in [3.05, 3.63) is 65.9 Å². The Kier molecular flexibility index (Phi) is 4.96. The van der Waals surface area contributed by atoms with Crippen molar-refractivity contribution >= 4 is 34.7 Å². The maximum absolute atomic E-state index is 4.58. The first-order valence-corrected chi connectivity index (χ1v) is 7.67. The molecule has 3 aromatic rings. The largest absolute Gasteiger partial charge is 0.355 e. The summed E-state index contributed by atoms with van der Waals surface area (Å²) in [5.41, 5.74) is 5.77. The van der Waals surface area contributed by atoms with Gasteiger partial charge in [0.2, 0.25) is 0 Å². The molecule has 1 N–H and O–H groups in total. The van der Waals surface area contributed by atoms with E-state index < -0.39 is 0 Å². The fraction of sp³-hybridized carbons (Fsp3) is 0.250. The van der Waals surface area contributed by atoms with Gasteiger partial charge in [0, 0.05) is 22.5 Å². The van der Waals surface area contributed by atoms with E-state index in [2.05, 4.69) is 73.5 Å². The third kappa shape index (κ3) is 3.83. The molecule has 0 radical (unpaired) electrons. The second-order valence-electron chi connectivity index (χ2n) is 6.78. The van der Waals surface area contributed by atoms with Gasteiger partial charge in [-0.05, 0) is 42.2 Å². The van der Waals surface area contributed by atoms with E-state index in [4.69, 9.17) is 0 Å². The molecule has 2 nitrogen and oxygen atoms in total. The molecular weight excluding hydrogens is 304 g/mol. The molecule has 0 saturated carbocycles. The van der Waals surface area contributed by atoms with Gasteiger partial charge in [0.1, 0.15) is 0 Å². The highest BCUT2D eigenvalue weighted by Gasteiger charge is 2.13. The van der Waals surface area contributed by atoms with E-state index in [1.807, 2.05) is 19.1 Å². The summed E-state index contributed by atoms with van der Waals surface area (Å²) in [4.78, 5) is 4.58. The second kappa shape index (κ2) is 6.59. The van der Waals surface area contributed by atoms with Crippen LogP contribution in [0.5, 0.6) is 0 Å². The molecule has 0 bridgehead atoms. The Morgan fingerprint density at radius 2 is 1.57 bits per heavy atom. The number of nitrogens with zero attached hydrogens (tertiary/aromatic N) is 1. The molecule has 0 unspecified atom stereocenters. The average molecular weight is 327 g/mol. The monoisotopic (exact) mass is 326 g/mol. The first-order chi connectivity index (χ1) is 10.4. The zero-order valence-electron chi connectivity index (χ0n) is 14.1. The third-order valence-corrected chi connectivity index (χ3v) is 3.87. The fourth-order valence-electron chi connectivity index (χ4n) is 2.62. The summed E-state index contributed by atoms with van der Waals surface area (Å²) in [5, 5.41) is 4.67. The Labute approximate surface area is 144 Å². The first kappa shape index (κ1) is 17.3. The van der Waals surface area contributed by atoms with Crippen molar-refractivity contribution in [3.63, 3.8) is 0 Å². The summed E-state index contributed by atoms with van der Waals surface area (Å²) < 4.78 is 0. The van der Waals surface area contributed by atoms with Gasteiger partial charge in [-0.2, -0.15) is 0 Å². The predicted octanol–water partition coefficient (Wildman–Crippen LogP) is 6.01. The number of aromatic nitrogens is 1. The van der Waals surface area contributed by atoms with Gasteiger partial charge in [0.25, 0.3) is 0 Å². The topological polar surface area (TPSA) is 24.9 Å². The van der Waals surface area contributed by atoms with E-state index in [1.54, 1.807) is 0 Å². The van der Waals surface area contributed by atoms with Gasteiger partial charge in [0.15, 0.2) is 0 Å². The van der Waals surface area contributed by atoms with Crippen molar-refractivity contribution < 1.29 is 0 Å². The molecule has 0 aliphatic carbocycles. The SMILES string of the molecule is Cc1cc(Nc2ccc(C(C)(C)C)cc2)c2ccccc2n1.Cl. The zero-order chi connectivity index (χ0) is 15.7. The van der Waals surface area contributed by atoms with Crippen molar-refractivity contribution in [2.45, 2.75) is 33.1 Å². The lowest BCUT2D eigenvalue weighted by Gasteiger charge is -2.19. The molecule has 2 aromatic carbocycles. The number of pyridine rings is 1. The fourth-order valence-corrected chi connectivity index (χ4v) is 2.62. The number of halogens is 1. The maximum atomic E-state index is 4.58. The number of fused-ring (bicyclic) bond motifs is 1. The molecule has 0 spiro atoms. The highest BCUT2D eigenvalue weighted by molar-refractivity contribution is 5.93. The minimum absolute atomic E-state index is 0. The molecule has 3 rings (SSSR count). The number of nitrogens with one attached hydrogen (secondary N) is 1. The lowest BCUT2D eigenvalue weighted by atomic mass is 9.87. The Balaban J connectivity index is 0.00000192. The van der Waals surface area contributed by atoms with Gasteiger partial charge in [-0.25, -0.2) is 0 Å². The van der Waals surface area contributed by atoms with Crippen LogP contribution in [0.3, 0.4) is 0 Å². The molecule has 0 aliphatic heterocycles. The van der Waals surface area contributed by atoms with Crippen LogP contribution in [0.1, 0.15) is 32.0 Å².